The van der Waals surface area contributed by atoms with Crippen molar-refractivity contribution in [2.45, 2.75) is 6.92 Å². The van der Waals surface area contributed by atoms with Gasteiger partial charge in [-0.25, -0.2) is 19.2 Å². The van der Waals surface area contributed by atoms with E-state index in [9.17, 15) is 9.18 Å². The molecule has 0 radical (unpaired) electrons. The molecule has 0 aliphatic heterocycles. The monoisotopic (exact) mass is 297 g/mol. The van der Waals surface area contributed by atoms with Crippen molar-refractivity contribution in [3.63, 3.8) is 0 Å². The maximum absolute atomic E-state index is 13.4. The van der Waals surface area contributed by atoms with E-state index in [1.807, 2.05) is 6.92 Å². The molecule has 2 N–H and O–H groups in total. The highest BCUT2D eigenvalue weighted by Crippen LogP contribution is 2.26. The summed E-state index contributed by atoms with van der Waals surface area (Å²) < 4.78 is 13.4. The van der Waals surface area contributed by atoms with Crippen molar-refractivity contribution in [3.05, 3.63) is 59.7 Å². The average Bonchev–Trinajstić information content (AvgIpc) is 2.49. The van der Waals surface area contributed by atoms with Crippen LogP contribution in [-0.2, 0) is 0 Å². The molecule has 0 amide bonds. The summed E-state index contributed by atoms with van der Waals surface area (Å²) in [6.07, 6.45) is 1.37. The van der Waals surface area contributed by atoms with E-state index >= 15 is 0 Å². The van der Waals surface area contributed by atoms with Gasteiger partial charge >= 0.3 is 5.97 Å². The number of carboxylic acids is 1. The molecule has 0 unspecified atom stereocenters. The van der Waals surface area contributed by atoms with E-state index in [1.54, 1.807) is 12.1 Å². The molecule has 0 spiro atoms. The fraction of sp³-hybridized carbons (Fsp3) is 0.0625. The van der Waals surface area contributed by atoms with Gasteiger partial charge in [-0.2, -0.15) is 0 Å². The first-order chi connectivity index (χ1) is 10.5. The summed E-state index contributed by atoms with van der Waals surface area (Å²) in [7, 11) is 0. The molecule has 5 nitrogen and oxygen atoms in total. The van der Waals surface area contributed by atoms with Gasteiger partial charge in [0.05, 0.1) is 11.1 Å². The molecule has 1 heterocycles. The highest BCUT2D eigenvalue weighted by Gasteiger charge is 2.09. The Morgan fingerprint density at radius 1 is 1.18 bits per heavy atom. The van der Waals surface area contributed by atoms with E-state index in [0.717, 1.165) is 5.56 Å². The summed E-state index contributed by atoms with van der Waals surface area (Å²) in [4.78, 5) is 19.3. The molecule has 3 aromatic rings. The number of aromatic carboxylic acids is 1. The number of rotatable bonds is 3. The van der Waals surface area contributed by atoms with Crippen LogP contribution in [0.2, 0.25) is 0 Å². The fourth-order valence-electron chi connectivity index (χ4n) is 2.15. The number of fused-ring (bicyclic) bond motifs is 1. The molecular formula is C16H12FN3O2. The van der Waals surface area contributed by atoms with Crippen molar-refractivity contribution in [1.29, 1.82) is 0 Å². The van der Waals surface area contributed by atoms with Crippen molar-refractivity contribution < 1.29 is 14.3 Å². The third kappa shape index (κ3) is 2.58. The summed E-state index contributed by atoms with van der Waals surface area (Å²) in [5.41, 5.74) is 2.22. The van der Waals surface area contributed by atoms with E-state index < -0.39 is 5.97 Å². The summed E-state index contributed by atoms with van der Waals surface area (Å²) in [5, 5.41) is 12.7. The minimum atomic E-state index is -1.01. The summed E-state index contributed by atoms with van der Waals surface area (Å²) in [6, 6.07) is 8.99. The van der Waals surface area contributed by atoms with Crippen LogP contribution in [-0.4, -0.2) is 21.0 Å². The van der Waals surface area contributed by atoms with Crippen LogP contribution in [0.15, 0.2) is 42.7 Å². The topological polar surface area (TPSA) is 75.1 Å². The lowest BCUT2D eigenvalue weighted by atomic mass is 10.1. The largest absolute Gasteiger partial charge is 0.478 e. The number of carboxylic acid groups (broad SMARTS) is 1. The first-order valence-corrected chi connectivity index (χ1v) is 6.56. The molecule has 22 heavy (non-hydrogen) atoms. The van der Waals surface area contributed by atoms with Gasteiger partial charge in [-0.3, -0.25) is 0 Å². The molecule has 0 atom stereocenters. The molecule has 0 saturated carbocycles. The Labute approximate surface area is 125 Å². The van der Waals surface area contributed by atoms with Crippen molar-refractivity contribution >= 4 is 28.4 Å². The molecule has 110 valence electrons. The molecule has 2 aromatic carbocycles. The number of hydrogen-bond acceptors (Lipinski definition) is 4. The smallest absolute Gasteiger partial charge is 0.335 e. The van der Waals surface area contributed by atoms with Crippen molar-refractivity contribution in [1.82, 2.24) is 9.97 Å². The van der Waals surface area contributed by atoms with Gasteiger partial charge in [-0.15, -0.1) is 0 Å². The van der Waals surface area contributed by atoms with Gasteiger partial charge in [-0.1, -0.05) is 6.07 Å². The third-order valence-electron chi connectivity index (χ3n) is 3.33. The number of aromatic nitrogens is 2. The molecule has 0 saturated heterocycles. The Balaban J connectivity index is 2.09. The normalized spacial score (nSPS) is 10.6. The number of nitrogens with zero attached hydrogens (tertiary/aromatic N) is 2. The van der Waals surface area contributed by atoms with E-state index in [2.05, 4.69) is 15.3 Å². The van der Waals surface area contributed by atoms with Crippen LogP contribution in [0.1, 0.15) is 15.9 Å². The Morgan fingerprint density at radius 3 is 2.77 bits per heavy atom. The van der Waals surface area contributed by atoms with E-state index in [-0.39, 0.29) is 11.4 Å². The molecular weight excluding hydrogens is 285 g/mol. The maximum atomic E-state index is 13.4. The highest BCUT2D eigenvalue weighted by atomic mass is 19.1. The number of aryl methyl sites for hydroxylation is 1. The Kier molecular flexibility index (Phi) is 3.42. The fourth-order valence-corrected chi connectivity index (χ4v) is 2.15. The molecule has 0 aliphatic carbocycles. The lowest BCUT2D eigenvalue weighted by molar-refractivity contribution is 0.0697. The van der Waals surface area contributed by atoms with Crippen LogP contribution < -0.4 is 5.32 Å². The minimum Gasteiger partial charge on any atom is -0.478 e. The van der Waals surface area contributed by atoms with Gasteiger partial charge in [-0.05, 0) is 42.8 Å². The Bertz CT molecular complexity index is 880. The maximum Gasteiger partial charge on any atom is 0.335 e. The summed E-state index contributed by atoms with van der Waals surface area (Å²) in [6.45, 7) is 1.85. The van der Waals surface area contributed by atoms with Gasteiger partial charge in [0.1, 0.15) is 18.0 Å². The number of benzene rings is 2. The van der Waals surface area contributed by atoms with Crippen LogP contribution in [0.5, 0.6) is 0 Å². The number of carbonyl (C=O) groups is 1. The highest BCUT2D eigenvalue weighted by molar-refractivity contribution is 5.92. The van der Waals surface area contributed by atoms with E-state index in [4.69, 9.17) is 5.11 Å². The molecule has 0 aliphatic rings. The first kappa shape index (κ1) is 13.9. The van der Waals surface area contributed by atoms with Crippen LogP contribution in [0.3, 0.4) is 0 Å². The van der Waals surface area contributed by atoms with Crippen LogP contribution in [0.25, 0.3) is 10.9 Å². The van der Waals surface area contributed by atoms with Gasteiger partial charge in [0.25, 0.3) is 0 Å². The molecule has 0 bridgehead atoms. The molecule has 6 heteroatoms. The van der Waals surface area contributed by atoms with Crippen LogP contribution in [0.4, 0.5) is 15.9 Å². The van der Waals surface area contributed by atoms with Gasteiger partial charge in [0, 0.05) is 11.1 Å². The van der Waals surface area contributed by atoms with Gasteiger partial charge < -0.3 is 10.4 Å². The van der Waals surface area contributed by atoms with E-state index in [1.165, 1.54) is 30.6 Å². The lowest BCUT2D eigenvalue weighted by Gasteiger charge is -2.11. The van der Waals surface area contributed by atoms with Crippen molar-refractivity contribution in [3.8, 4) is 0 Å². The quantitative estimate of drug-likeness (QED) is 0.773. The summed E-state index contributed by atoms with van der Waals surface area (Å²) in [5.74, 6) is -0.974. The molecule has 0 fully saturated rings. The average molecular weight is 297 g/mol. The second-order valence-electron chi connectivity index (χ2n) is 4.84. The van der Waals surface area contributed by atoms with Crippen LogP contribution in [0, 0.1) is 12.7 Å². The molecule has 3 rings (SSSR count). The van der Waals surface area contributed by atoms with Crippen LogP contribution >= 0.6 is 0 Å². The number of anilines is 2. The predicted octanol–water partition coefficient (Wildman–Crippen LogP) is 3.52. The SMILES string of the molecule is Cc1ccc(C(=O)O)cc1Nc1ncnc2ccc(F)cc12. The van der Waals surface area contributed by atoms with Crippen molar-refractivity contribution in [2.75, 3.05) is 5.32 Å². The molecule has 1 aromatic heterocycles. The number of nitrogens with one attached hydrogen (secondary N) is 1. The third-order valence-corrected chi connectivity index (χ3v) is 3.33. The second-order valence-corrected chi connectivity index (χ2v) is 4.84. The number of hydrogen-bond donors (Lipinski definition) is 2. The van der Waals surface area contributed by atoms with E-state index in [0.29, 0.717) is 22.4 Å². The number of halogens is 1. The first-order valence-electron chi connectivity index (χ1n) is 6.56. The minimum absolute atomic E-state index is 0.164. The zero-order valence-electron chi connectivity index (χ0n) is 11.7. The lowest BCUT2D eigenvalue weighted by Crippen LogP contribution is -2.01. The predicted molar refractivity (Wildman–Crippen MR) is 80.9 cm³/mol. The van der Waals surface area contributed by atoms with Crippen molar-refractivity contribution in [2.24, 2.45) is 0 Å². The van der Waals surface area contributed by atoms with Gasteiger partial charge in [0.2, 0.25) is 0 Å². The van der Waals surface area contributed by atoms with Gasteiger partial charge in [0.15, 0.2) is 0 Å². The summed E-state index contributed by atoms with van der Waals surface area (Å²) >= 11 is 0. The second kappa shape index (κ2) is 5.40. The zero-order valence-corrected chi connectivity index (χ0v) is 11.7. The Morgan fingerprint density at radius 2 is 2.00 bits per heavy atom. The zero-order chi connectivity index (χ0) is 15.7. The standard InChI is InChI=1S/C16H12FN3O2/c1-9-2-3-10(16(21)22)6-14(9)20-15-12-7-11(17)4-5-13(12)18-8-19-15/h2-8H,1H3,(H,21,22)(H,18,19,20). The Hall–Kier alpha value is -3.02.